The Morgan fingerprint density at radius 1 is 1.13 bits per heavy atom. The number of hydrogen-bond donors (Lipinski definition) is 2. The Morgan fingerprint density at radius 2 is 1.83 bits per heavy atom. The van der Waals surface area contributed by atoms with Crippen LogP contribution in [0.25, 0.3) is 0 Å². The zero-order chi connectivity index (χ0) is 16.6. The summed E-state index contributed by atoms with van der Waals surface area (Å²) in [5.41, 5.74) is -0.597. The largest absolute Gasteiger partial charge is 0.345 e. The summed E-state index contributed by atoms with van der Waals surface area (Å²) in [7, 11) is 0. The molecular weight excluding hydrogens is 302 g/mol. The number of amides is 2. The first-order valence-corrected chi connectivity index (χ1v) is 8.01. The van der Waals surface area contributed by atoms with Gasteiger partial charge in [-0.2, -0.15) is 0 Å². The van der Waals surface area contributed by atoms with E-state index in [2.05, 4.69) is 5.32 Å². The van der Waals surface area contributed by atoms with Crippen molar-refractivity contribution in [3.8, 4) is 0 Å². The minimum atomic E-state index is -1.05. The van der Waals surface area contributed by atoms with Gasteiger partial charge in [-0.05, 0) is 56.1 Å². The molecular formula is C17H20F2N2O2. The number of benzene rings is 1. The summed E-state index contributed by atoms with van der Waals surface area (Å²) in [4.78, 5) is 23.8. The van der Waals surface area contributed by atoms with Gasteiger partial charge in [0.1, 0.15) is 17.3 Å². The molecule has 0 radical (unpaired) electrons. The molecule has 0 heterocycles. The lowest BCUT2D eigenvalue weighted by Gasteiger charge is -2.28. The first kappa shape index (κ1) is 15.9. The van der Waals surface area contributed by atoms with Gasteiger partial charge in [-0.1, -0.05) is 12.5 Å². The van der Waals surface area contributed by atoms with Crippen molar-refractivity contribution in [3.63, 3.8) is 0 Å². The third-order valence-corrected chi connectivity index (χ3v) is 5.20. The minimum absolute atomic E-state index is 0.117. The second-order valence-electron chi connectivity index (χ2n) is 6.65. The normalized spacial score (nSPS) is 26.8. The van der Waals surface area contributed by atoms with Gasteiger partial charge in [-0.25, -0.2) is 8.78 Å². The quantitative estimate of drug-likeness (QED) is 0.841. The number of nitrogens with one attached hydrogen (secondary N) is 2. The van der Waals surface area contributed by atoms with E-state index in [-0.39, 0.29) is 6.04 Å². The van der Waals surface area contributed by atoms with Gasteiger partial charge in [0.25, 0.3) is 0 Å². The van der Waals surface area contributed by atoms with E-state index in [0.717, 1.165) is 24.5 Å². The van der Waals surface area contributed by atoms with Crippen molar-refractivity contribution in [2.45, 2.75) is 38.6 Å². The van der Waals surface area contributed by atoms with Crippen molar-refractivity contribution in [1.82, 2.24) is 5.32 Å². The van der Waals surface area contributed by atoms with Crippen LogP contribution in [0.2, 0.25) is 0 Å². The van der Waals surface area contributed by atoms with Crippen LogP contribution >= 0.6 is 0 Å². The van der Waals surface area contributed by atoms with Crippen LogP contribution in [-0.2, 0) is 9.59 Å². The maximum absolute atomic E-state index is 13.5. The fourth-order valence-corrected chi connectivity index (χ4v) is 4.07. The molecule has 0 saturated heterocycles. The Kier molecular flexibility index (Phi) is 4.33. The molecule has 0 aliphatic heterocycles. The average Bonchev–Trinajstić information content (AvgIpc) is 3.13. The van der Waals surface area contributed by atoms with Gasteiger partial charge >= 0.3 is 11.8 Å². The van der Waals surface area contributed by atoms with Crippen molar-refractivity contribution in [3.05, 3.63) is 29.8 Å². The number of fused-ring (bicyclic) bond motifs is 2. The van der Waals surface area contributed by atoms with Gasteiger partial charge in [0, 0.05) is 6.04 Å². The van der Waals surface area contributed by atoms with Crippen molar-refractivity contribution in [1.29, 1.82) is 0 Å². The molecule has 4 unspecified atom stereocenters. The molecule has 124 valence electrons. The van der Waals surface area contributed by atoms with E-state index in [4.69, 9.17) is 0 Å². The summed E-state index contributed by atoms with van der Waals surface area (Å²) in [5.74, 6) is -1.99. The molecule has 2 bridgehead atoms. The van der Waals surface area contributed by atoms with Crippen LogP contribution in [0.5, 0.6) is 0 Å². The van der Waals surface area contributed by atoms with E-state index in [1.165, 1.54) is 25.3 Å². The van der Waals surface area contributed by atoms with Gasteiger partial charge < -0.3 is 10.6 Å². The summed E-state index contributed by atoms with van der Waals surface area (Å²) in [6.07, 6.45) is 4.73. The standard InChI is InChI=1S/C17H20F2N2O2/c1-9(12-8-10-5-6-11(12)7-10)20-16(22)17(23)21-15-13(18)3-2-4-14(15)19/h2-4,9-12H,5-8H2,1H3,(H,20,22)(H,21,23). The smallest absolute Gasteiger partial charge is 0.313 e. The minimum Gasteiger partial charge on any atom is -0.345 e. The third kappa shape index (κ3) is 3.21. The Labute approximate surface area is 133 Å². The summed E-state index contributed by atoms with van der Waals surface area (Å²) in [5, 5.41) is 4.68. The molecule has 3 rings (SSSR count). The summed E-state index contributed by atoms with van der Waals surface area (Å²) in [6, 6.07) is 3.12. The number of hydrogen-bond acceptors (Lipinski definition) is 2. The number of rotatable bonds is 3. The Morgan fingerprint density at radius 3 is 2.39 bits per heavy atom. The van der Waals surface area contributed by atoms with Crippen LogP contribution < -0.4 is 10.6 Å². The first-order chi connectivity index (χ1) is 11.0. The highest BCUT2D eigenvalue weighted by molar-refractivity contribution is 6.39. The lowest BCUT2D eigenvalue weighted by atomic mass is 9.84. The van der Waals surface area contributed by atoms with Gasteiger partial charge in [0.2, 0.25) is 0 Å². The lowest BCUT2D eigenvalue weighted by molar-refractivity contribution is -0.136. The predicted molar refractivity (Wildman–Crippen MR) is 81.5 cm³/mol. The molecule has 2 aliphatic rings. The average molecular weight is 322 g/mol. The first-order valence-electron chi connectivity index (χ1n) is 8.01. The van der Waals surface area contributed by atoms with Crippen molar-refractivity contribution in [2.75, 3.05) is 5.32 Å². The molecule has 0 aromatic heterocycles. The SMILES string of the molecule is CC(NC(=O)C(=O)Nc1c(F)cccc1F)C1CC2CCC1C2. The topological polar surface area (TPSA) is 58.2 Å². The maximum Gasteiger partial charge on any atom is 0.313 e. The fraction of sp³-hybridized carbons (Fsp3) is 0.529. The van der Waals surface area contributed by atoms with Crippen molar-refractivity contribution in [2.24, 2.45) is 17.8 Å². The van der Waals surface area contributed by atoms with E-state index in [1.54, 1.807) is 0 Å². The Bertz CT molecular complexity index is 615. The Hall–Kier alpha value is -1.98. The Balaban J connectivity index is 1.58. The van der Waals surface area contributed by atoms with Crippen LogP contribution in [-0.4, -0.2) is 17.9 Å². The predicted octanol–water partition coefficient (Wildman–Crippen LogP) is 2.84. The van der Waals surface area contributed by atoms with E-state index in [1.807, 2.05) is 12.2 Å². The van der Waals surface area contributed by atoms with E-state index >= 15 is 0 Å². The molecule has 23 heavy (non-hydrogen) atoms. The van der Waals surface area contributed by atoms with Crippen LogP contribution in [0.4, 0.5) is 14.5 Å². The molecule has 2 aliphatic carbocycles. The third-order valence-electron chi connectivity index (χ3n) is 5.20. The van der Waals surface area contributed by atoms with Crippen LogP contribution in [0.1, 0.15) is 32.6 Å². The van der Waals surface area contributed by atoms with Gasteiger partial charge in [0.05, 0.1) is 0 Å². The molecule has 1 aromatic rings. The monoisotopic (exact) mass is 322 g/mol. The number of carbonyl (C=O) groups excluding carboxylic acids is 2. The highest BCUT2D eigenvalue weighted by Gasteiger charge is 2.42. The highest BCUT2D eigenvalue weighted by atomic mass is 19.1. The number of anilines is 1. The van der Waals surface area contributed by atoms with Crippen LogP contribution in [0.15, 0.2) is 18.2 Å². The molecule has 4 atom stereocenters. The van der Waals surface area contributed by atoms with E-state index in [9.17, 15) is 18.4 Å². The summed E-state index contributed by atoms with van der Waals surface area (Å²) < 4.78 is 27.0. The van der Waals surface area contributed by atoms with E-state index in [0.29, 0.717) is 11.8 Å². The molecule has 2 N–H and O–H groups in total. The van der Waals surface area contributed by atoms with Crippen LogP contribution in [0.3, 0.4) is 0 Å². The lowest BCUT2D eigenvalue weighted by Crippen LogP contribution is -2.45. The number of halogens is 2. The van der Waals surface area contributed by atoms with Crippen molar-refractivity contribution < 1.29 is 18.4 Å². The van der Waals surface area contributed by atoms with Gasteiger partial charge in [0.15, 0.2) is 0 Å². The zero-order valence-corrected chi connectivity index (χ0v) is 12.9. The molecule has 2 amide bonds. The van der Waals surface area contributed by atoms with Crippen molar-refractivity contribution >= 4 is 17.5 Å². The van der Waals surface area contributed by atoms with Crippen LogP contribution in [0, 0.1) is 29.4 Å². The van der Waals surface area contributed by atoms with Gasteiger partial charge in [-0.3, -0.25) is 9.59 Å². The summed E-state index contributed by atoms with van der Waals surface area (Å²) >= 11 is 0. The zero-order valence-electron chi connectivity index (χ0n) is 12.9. The molecule has 1 aromatic carbocycles. The molecule has 0 spiro atoms. The van der Waals surface area contributed by atoms with E-state index < -0.39 is 29.1 Å². The number of carbonyl (C=O) groups is 2. The maximum atomic E-state index is 13.5. The summed E-state index contributed by atoms with van der Waals surface area (Å²) in [6.45, 7) is 1.89. The molecule has 6 heteroatoms. The fourth-order valence-electron chi connectivity index (χ4n) is 4.07. The number of para-hydroxylation sites is 1. The molecule has 2 saturated carbocycles. The molecule has 4 nitrogen and oxygen atoms in total. The second-order valence-corrected chi connectivity index (χ2v) is 6.65. The van der Waals surface area contributed by atoms with Gasteiger partial charge in [-0.15, -0.1) is 0 Å². The molecule has 2 fully saturated rings. The highest BCUT2D eigenvalue weighted by Crippen LogP contribution is 2.49. The second kappa shape index (κ2) is 6.26.